The average molecular weight is 388 g/mol. The number of benzene rings is 1. The highest BCUT2D eigenvalue weighted by molar-refractivity contribution is 7.19. The molecule has 0 aliphatic rings. The number of fused-ring (bicyclic) bond motifs is 1. The lowest BCUT2D eigenvalue weighted by molar-refractivity contribution is 0.355. The van der Waals surface area contributed by atoms with Gasteiger partial charge in [0.2, 0.25) is 0 Å². The number of ether oxygens (including phenoxy) is 2. The molecular formula is C20H25N3O3S. The Morgan fingerprint density at radius 2 is 1.89 bits per heavy atom. The molecule has 0 aliphatic carbocycles. The van der Waals surface area contributed by atoms with Gasteiger partial charge in [-0.3, -0.25) is 4.79 Å². The van der Waals surface area contributed by atoms with Gasteiger partial charge in [-0.05, 0) is 30.8 Å². The van der Waals surface area contributed by atoms with Gasteiger partial charge in [-0.25, -0.2) is 0 Å². The third-order valence-electron chi connectivity index (χ3n) is 4.45. The van der Waals surface area contributed by atoms with E-state index in [1.54, 1.807) is 37.2 Å². The van der Waals surface area contributed by atoms with E-state index in [-0.39, 0.29) is 5.56 Å². The molecule has 3 aromatic rings. The van der Waals surface area contributed by atoms with E-state index < -0.39 is 0 Å². The number of methoxy groups -OCH3 is 2. The summed E-state index contributed by atoms with van der Waals surface area (Å²) >= 11 is 1.65. The van der Waals surface area contributed by atoms with Gasteiger partial charge in [0.05, 0.1) is 19.6 Å². The Balaban J connectivity index is 2.06. The van der Waals surface area contributed by atoms with Crippen LogP contribution in [0.3, 0.4) is 0 Å². The van der Waals surface area contributed by atoms with Gasteiger partial charge in [0.1, 0.15) is 0 Å². The first-order valence-corrected chi connectivity index (χ1v) is 9.60. The highest BCUT2D eigenvalue weighted by Crippen LogP contribution is 2.37. The fourth-order valence-corrected chi connectivity index (χ4v) is 4.17. The fraction of sp³-hybridized carbons (Fsp3) is 0.350. The summed E-state index contributed by atoms with van der Waals surface area (Å²) in [6.45, 7) is 2.53. The topological polar surface area (TPSA) is 64.5 Å². The van der Waals surface area contributed by atoms with E-state index in [1.807, 2.05) is 37.5 Å². The van der Waals surface area contributed by atoms with Gasteiger partial charge in [-0.15, -0.1) is 11.3 Å². The highest BCUT2D eigenvalue weighted by atomic mass is 32.1. The van der Waals surface area contributed by atoms with Crippen LogP contribution in [0.1, 0.15) is 4.88 Å². The minimum Gasteiger partial charge on any atom is -0.493 e. The van der Waals surface area contributed by atoms with Crippen molar-refractivity contribution >= 4 is 21.4 Å². The zero-order valence-electron chi connectivity index (χ0n) is 16.1. The zero-order chi connectivity index (χ0) is 19.4. The lowest BCUT2D eigenvalue weighted by Gasteiger charge is -2.11. The lowest BCUT2D eigenvalue weighted by atomic mass is 10.1. The number of aromatic nitrogens is 1. The molecule has 2 aromatic heterocycles. The van der Waals surface area contributed by atoms with Crippen LogP contribution in [0.15, 0.2) is 35.3 Å². The van der Waals surface area contributed by atoms with Crippen LogP contribution in [0.25, 0.3) is 21.2 Å². The Kier molecular flexibility index (Phi) is 6.15. The molecule has 0 atom stereocenters. The van der Waals surface area contributed by atoms with E-state index in [2.05, 4.69) is 10.6 Å². The number of rotatable bonds is 8. The number of hydrogen-bond acceptors (Lipinski definition) is 6. The average Bonchev–Trinajstić information content (AvgIpc) is 3.12. The van der Waals surface area contributed by atoms with Crippen molar-refractivity contribution in [3.8, 4) is 22.6 Å². The van der Waals surface area contributed by atoms with Crippen molar-refractivity contribution in [2.75, 3.05) is 34.4 Å². The van der Waals surface area contributed by atoms with Crippen molar-refractivity contribution in [1.82, 2.24) is 15.2 Å². The maximum atomic E-state index is 12.6. The molecule has 27 heavy (non-hydrogen) atoms. The van der Waals surface area contributed by atoms with Crippen molar-refractivity contribution in [1.29, 1.82) is 0 Å². The van der Waals surface area contributed by atoms with Crippen LogP contribution in [0.2, 0.25) is 0 Å². The van der Waals surface area contributed by atoms with E-state index in [9.17, 15) is 4.79 Å². The molecule has 144 valence electrons. The quantitative estimate of drug-likeness (QED) is 0.582. The number of nitrogens with one attached hydrogen (secondary N) is 2. The number of aryl methyl sites for hydroxylation is 1. The monoisotopic (exact) mass is 387 g/mol. The maximum Gasteiger partial charge on any atom is 0.259 e. The molecule has 0 unspecified atom stereocenters. The van der Waals surface area contributed by atoms with Gasteiger partial charge in [0.25, 0.3) is 5.56 Å². The Labute approximate surface area is 162 Å². The van der Waals surface area contributed by atoms with E-state index in [1.165, 1.54) is 0 Å². The summed E-state index contributed by atoms with van der Waals surface area (Å²) in [4.78, 5) is 13.8. The first-order chi connectivity index (χ1) is 13.1. The van der Waals surface area contributed by atoms with E-state index in [0.29, 0.717) is 11.5 Å². The van der Waals surface area contributed by atoms with Crippen LogP contribution < -0.4 is 25.7 Å². The van der Waals surface area contributed by atoms with Gasteiger partial charge >= 0.3 is 0 Å². The Bertz CT molecular complexity index is 994. The summed E-state index contributed by atoms with van der Waals surface area (Å²) < 4.78 is 13.4. The van der Waals surface area contributed by atoms with Gasteiger partial charge in [-0.2, -0.15) is 0 Å². The SMILES string of the molecule is CNCCNCc1cc2c(=O)n(C)cc(-c3ccc(OC)c(OC)c3)c2s1. The molecule has 0 saturated carbocycles. The van der Waals surface area contributed by atoms with Gasteiger partial charge in [-0.1, -0.05) is 6.07 Å². The summed E-state index contributed by atoms with van der Waals surface area (Å²) in [5.41, 5.74) is 2.02. The summed E-state index contributed by atoms with van der Waals surface area (Å²) in [6, 6.07) is 7.83. The first-order valence-electron chi connectivity index (χ1n) is 8.78. The normalized spacial score (nSPS) is 11.1. The third-order valence-corrected chi connectivity index (χ3v) is 5.62. The summed E-state index contributed by atoms with van der Waals surface area (Å²) in [6.07, 6.45) is 1.89. The standard InChI is InChI=1S/C20H25N3O3S/c1-21-7-8-22-11-14-10-15-19(27-14)16(12-23(2)20(15)24)13-5-6-17(25-3)18(9-13)26-4/h5-6,9-10,12,21-22H,7-8,11H2,1-4H3. The van der Waals surface area contributed by atoms with Crippen molar-refractivity contribution in [2.45, 2.75) is 6.54 Å². The summed E-state index contributed by atoms with van der Waals surface area (Å²) in [5, 5.41) is 7.26. The second kappa shape index (κ2) is 8.56. The molecule has 0 aliphatic heterocycles. The Morgan fingerprint density at radius 3 is 2.59 bits per heavy atom. The molecule has 7 heteroatoms. The molecule has 0 bridgehead atoms. The maximum absolute atomic E-state index is 12.6. The van der Waals surface area contributed by atoms with Crippen molar-refractivity contribution in [2.24, 2.45) is 7.05 Å². The smallest absolute Gasteiger partial charge is 0.259 e. The number of hydrogen-bond donors (Lipinski definition) is 2. The lowest BCUT2D eigenvalue weighted by Crippen LogP contribution is -2.24. The van der Waals surface area contributed by atoms with Crippen molar-refractivity contribution < 1.29 is 9.47 Å². The molecule has 2 N–H and O–H groups in total. The second-order valence-electron chi connectivity index (χ2n) is 6.26. The van der Waals surface area contributed by atoms with Crippen LogP contribution >= 0.6 is 11.3 Å². The van der Waals surface area contributed by atoms with Gasteiger partial charge in [0, 0.05) is 48.0 Å². The first kappa shape index (κ1) is 19.4. The largest absolute Gasteiger partial charge is 0.493 e. The van der Waals surface area contributed by atoms with E-state index in [4.69, 9.17) is 9.47 Å². The van der Waals surface area contributed by atoms with Crippen molar-refractivity contribution in [3.63, 3.8) is 0 Å². The molecule has 6 nitrogen and oxygen atoms in total. The summed E-state index contributed by atoms with van der Waals surface area (Å²) in [7, 11) is 6.96. The van der Waals surface area contributed by atoms with Crippen LogP contribution in [0.4, 0.5) is 0 Å². The van der Waals surface area contributed by atoms with E-state index >= 15 is 0 Å². The van der Waals surface area contributed by atoms with Crippen molar-refractivity contribution in [3.05, 3.63) is 45.7 Å². The second-order valence-corrected chi connectivity index (χ2v) is 7.40. The van der Waals surface area contributed by atoms with E-state index in [0.717, 1.165) is 45.7 Å². The molecule has 0 radical (unpaired) electrons. The Hall–Kier alpha value is -2.35. The zero-order valence-corrected chi connectivity index (χ0v) is 16.9. The van der Waals surface area contributed by atoms with Crippen LogP contribution in [0, 0.1) is 0 Å². The van der Waals surface area contributed by atoms with Crippen LogP contribution in [0.5, 0.6) is 11.5 Å². The molecule has 0 spiro atoms. The minimum atomic E-state index is 0.0203. The van der Waals surface area contributed by atoms with Crippen LogP contribution in [-0.2, 0) is 13.6 Å². The summed E-state index contributed by atoms with van der Waals surface area (Å²) in [5.74, 6) is 1.35. The van der Waals surface area contributed by atoms with Gasteiger partial charge in [0.15, 0.2) is 11.5 Å². The number of nitrogens with zero attached hydrogens (tertiary/aromatic N) is 1. The molecule has 3 rings (SSSR count). The molecule has 1 aromatic carbocycles. The predicted molar refractivity (Wildman–Crippen MR) is 111 cm³/mol. The predicted octanol–water partition coefficient (Wildman–Crippen LogP) is 2.59. The van der Waals surface area contributed by atoms with Crippen LogP contribution in [-0.4, -0.2) is 38.9 Å². The molecule has 2 heterocycles. The fourth-order valence-electron chi connectivity index (χ4n) is 3.02. The third kappa shape index (κ3) is 4.00. The molecule has 0 fully saturated rings. The number of likely N-dealkylation sites (N-methyl/N-ethyl adjacent to an activating group) is 1. The Morgan fingerprint density at radius 1 is 1.11 bits per heavy atom. The number of thiophene rings is 1. The highest BCUT2D eigenvalue weighted by Gasteiger charge is 2.15. The molecular weight excluding hydrogens is 362 g/mol. The van der Waals surface area contributed by atoms with Gasteiger partial charge < -0.3 is 24.7 Å². The molecule has 0 saturated heterocycles. The molecule has 0 amide bonds. The minimum absolute atomic E-state index is 0.0203. The number of pyridine rings is 1.